The third-order valence-corrected chi connectivity index (χ3v) is 3.69. The Kier molecular flexibility index (Phi) is 5.60. The number of carboxylic acids is 1. The molecule has 0 aromatic heterocycles. The Labute approximate surface area is 114 Å². The molecule has 1 heterocycles. The van der Waals surface area contributed by atoms with Gasteiger partial charge >= 0.3 is 12.0 Å². The van der Waals surface area contributed by atoms with Gasteiger partial charge in [-0.3, -0.25) is 0 Å². The van der Waals surface area contributed by atoms with E-state index < -0.39 is 12.0 Å². The van der Waals surface area contributed by atoms with Crippen molar-refractivity contribution in [2.75, 3.05) is 20.2 Å². The SMILES string of the molecule is COC1CN(C(=O)N[C@H](C(=O)O)C(C)C)CCC1C. The van der Waals surface area contributed by atoms with E-state index in [9.17, 15) is 9.59 Å². The van der Waals surface area contributed by atoms with Crippen LogP contribution in [0.3, 0.4) is 0 Å². The largest absolute Gasteiger partial charge is 0.480 e. The van der Waals surface area contributed by atoms with Crippen LogP contribution in [0, 0.1) is 11.8 Å². The van der Waals surface area contributed by atoms with Crippen molar-refractivity contribution < 1.29 is 19.4 Å². The lowest BCUT2D eigenvalue weighted by molar-refractivity contribution is -0.140. The zero-order valence-electron chi connectivity index (χ0n) is 12.0. The monoisotopic (exact) mass is 272 g/mol. The maximum Gasteiger partial charge on any atom is 0.326 e. The lowest BCUT2D eigenvalue weighted by atomic mass is 9.96. The molecule has 1 aliphatic heterocycles. The lowest BCUT2D eigenvalue weighted by Crippen LogP contribution is -2.54. The number of ether oxygens (including phenoxy) is 1. The first kappa shape index (κ1) is 15.8. The fourth-order valence-electron chi connectivity index (χ4n) is 2.26. The minimum Gasteiger partial charge on any atom is -0.480 e. The van der Waals surface area contributed by atoms with Crippen LogP contribution in [0.1, 0.15) is 27.2 Å². The number of carboxylic acid groups (broad SMARTS) is 1. The third-order valence-electron chi connectivity index (χ3n) is 3.69. The average molecular weight is 272 g/mol. The number of urea groups is 1. The van der Waals surface area contributed by atoms with E-state index in [4.69, 9.17) is 9.84 Å². The maximum atomic E-state index is 12.1. The van der Waals surface area contributed by atoms with Crippen LogP contribution in [0.4, 0.5) is 4.79 Å². The molecule has 0 bridgehead atoms. The number of piperidine rings is 1. The molecule has 6 nitrogen and oxygen atoms in total. The van der Waals surface area contributed by atoms with E-state index in [1.165, 1.54) is 0 Å². The van der Waals surface area contributed by atoms with E-state index >= 15 is 0 Å². The zero-order chi connectivity index (χ0) is 14.6. The minimum atomic E-state index is -1.00. The van der Waals surface area contributed by atoms with Crippen molar-refractivity contribution in [2.45, 2.75) is 39.3 Å². The van der Waals surface area contributed by atoms with Crippen LogP contribution in [0.5, 0.6) is 0 Å². The van der Waals surface area contributed by atoms with Crippen LogP contribution < -0.4 is 5.32 Å². The van der Waals surface area contributed by atoms with E-state index in [-0.39, 0.29) is 18.1 Å². The highest BCUT2D eigenvalue weighted by Gasteiger charge is 2.31. The van der Waals surface area contributed by atoms with Crippen LogP contribution in [0.15, 0.2) is 0 Å². The number of methoxy groups -OCH3 is 1. The van der Waals surface area contributed by atoms with E-state index in [0.29, 0.717) is 19.0 Å². The van der Waals surface area contributed by atoms with E-state index in [0.717, 1.165) is 6.42 Å². The Bertz CT molecular complexity index is 333. The molecule has 0 saturated carbocycles. The topological polar surface area (TPSA) is 78.9 Å². The number of hydrogen-bond donors (Lipinski definition) is 2. The Morgan fingerprint density at radius 1 is 1.42 bits per heavy atom. The van der Waals surface area contributed by atoms with Crippen LogP contribution in [0.2, 0.25) is 0 Å². The van der Waals surface area contributed by atoms with Crippen molar-refractivity contribution in [3.63, 3.8) is 0 Å². The molecule has 0 spiro atoms. The molecule has 1 fully saturated rings. The highest BCUT2D eigenvalue weighted by atomic mass is 16.5. The summed E-state index contributed by atoms with van der Waals surface area (Å²) in [5.74, 6) is -0.741. The normalized spacial score (nSPS) is 25.2. The second-order valence-corrected chi connectivity index (χ2v) is 5.50. The predicted octanol–water partition coefficient (Wildman–Crippen LogP) is 1.16. The predicted molar refractivity (Wildman–Crippen MR) is 70.9 cm³/mol. The van der Waals surface area contributed by atoms with Crippen molar-refractivity contribution in [1.29, 1.82) is 0 Å². The van der Waals surface area contributed by atoms with E-state index in [2.05, 4.69) is 12.2 Å². The molecule has 1 aliphatic rings. The molecule has 2 unspecified atom stereocenters. The molecular formula is C13H24N2O4. The molecule has 1 saturated heterocycles. The van der Waals surface area contributed by atoms with Crippen molar-refractivity contribution in [1.82, 2.24) is 10.2 Å². The highest BCUT2D eigenvalue weighted by Crippen LogP contribution is 2.19. The molecule has 6 heteroatoms. The fraction of sp³-hybridized carbons (Fsp3) is 0.846. The zero-order valence-corrected chi connectivity index (χ0v) is 12.0. The Morgan fingerprint density at radius 3 is 2.53 bits per heavy atom. The first-order chi connectivity index (χ1) is 8.86. The van der Waals surface area contributed by atoms with Crippen molar-refractivity contribution in [3.05, 3.63) is 0 Å². The molecule has 2 amide bonds. The summed E-state index contributed by atoms with van der Waals surface area (Å²) in [6.45, 7) is 6.79. The van der Waals surface area contributed by atoms with Gasteiger partial charge in [-0.1, -0.05) is 20.8 Å². The van der Waals surface area contributed by atoms with Crippen LogP contribution >= 0.6 is 0 Å². The van der Waals surface area contributed by atoms with Gasteiger partial charge in [-0.25, -0.2) is 9.59 Å². The molecule has 3 atom stereocenters. The molecule has 0 aliphatic carbocycles. The molecule has 2 N–H and O–H groups in total. The summed E-state index contributed by atoms with van der Waals surface area (Å²) in [4.78, 5) is 24.8. The summed E-state index contributed by atoms with van der Waals surface area (Å²) in [6, 6.07) is -1.18. The van der Waals surface area contributed by atoms with Gasteiger partial charge in [0.1, 0.15) is 6.04 Å². The van der Waals surface area contributed by atoms with Gasteiger partial charge in [0.15, 0.2) is 0 Å². The summed E-state index contributed by atoms with van der Waals surface area (Å²) in [7, 11) is 1.64. The van der Waals surface area contributed by atoms with Gasteiger partial charge in [-0.05, 0) is 18.3 Å². The smallest absolute Gasteiger partial charge is 0.326 e. The molecule has 1 rings (SSSR count). The number of carbonyl (C=O) groups is 2. The van der Waals surface area contributed by atoms with Gasteiger partial charge in [-0.15, -0.1) is 0 Å². The average Bonchev–Trinajstić information content (AvgIpc) is 2.35. The summed E-state index contributed by atoms with van der Waals surface area (Å²) >= 11 is 0. The van der Waals surface area contributed by atoms with Crippen LogP contribution in [-0.2, 0) is 9.53 Å². The number of hydrogen-bond acceptors (Lipinski definition) is 3. The Hall–Kier alpha value is -1.30. The van der Waals surface area contributed by atoms with Gasteiger partial charge in [0.05, 0.1) is 6.10 Å². The molecule has 0 radical (unpaired) electrons. The first-order valence-corrected chi connectivity index (χ1v) is 6.67. The first-order valence-electron chi connectivity index (χ1n) is 6.67. The minimum absolute atomic E-state index is 0.0156. The number of likely N-dealkylation sites (tertiary alicyclic amines) is 1. The second kappa shape index (κ2) is 6.75. The number of nitrogens with zero attached hydrogens (tertiary/aromatic N) is 1. The van der Waals surface area contributed by atoms with E-state index in [1.54, 1.807) is 25.9 Å². The standard InChI is InChI=1S/C13H24N2O4/c1-8(2)11(12(16)17)14-13(18)15-6-5-9(3)10(7-15)19-4/h8-11H,5-7H2,1-4H3,(H,14,18)(H,16,17)/t9?,10?,11-/m0/s1. The molecular weight excluding hydrogens is 248 g/mol. The van der Waals surface area contributed by atoms with Crippen molar-refractivity contribution >= 4 is 12.0 Å². The van der Waals surface area contributed by atoms with Gasteiger partial charge in [-0.2, -0.15) is 0 Å². The number of amides is 2. The van der Waals surface area contributed by atoms with Gasteiger partial charge < -0.3 is 20.1 Å². The molecule has 0 aromatic carbocycles. The van der Waals surface area contributed by atoms with Crippen molar-refractivity contribution in [2.24, 2.45) is 11.8 Å². The van der Waals surface area contributed by atoms with Gasteiger partial charge in [0, 0.05) is 20.2 Å². The number of carbonyl (C=O) groups excluding carboxylic acids is 1. The third kappa shape index (κ3) is 4.09. The van der Waals surface area contributed by atoms with E-state index in [1.807, 2.05) is 0 Å². The Balaban J connectivity index is 2.60. The summed E-state index contributed by atoms with van der Waals surface area (Å²) in [6.07, 6.45) is 0.882. The number of nitrogens with one attached hydrogen (secondary N) is 1. The lowest BCUT2D eigenvalue weighted by Gasteiger charge is -2.36. The number of rotatable bonds is 4. The van der Waals surface area contributed by atoms with Crippen molar-refractivity contribution in [3.8, 4) is 0 Å². The molecule has 0 aromatic rings. The fourth-order valence-corrected chi connectivity index (χ4v) is 2.26. The van der Waals surface area contributed by atoms with Gasteiger partial charge in [0.25, 0.3) is 0 Å². The van der Waals surface area contributed by atoms with Crippen LogP contribution in [-0.4, -0.2) is 54.4 Å². The van der Waals surface area contributed by atoms with Gasteiger partial charge in [0.2, 0.25) is 0 Å². The summed E-state index contributed by atoms with van der Waals surface area (Å²) in [5.41, 5.74) is 0. The molecule has 110 valence electrons. The second-order valence-electron chi connectivity index (χ2n) is 5.50. The maximum absolute atomic E-state index is 12.1. The summed E-state index contributed by atoms with van der Waals surface area (Å²) < 4.78 is 5.35. The van der Waals surface area contributed by atoms with Crippen LogP contribution in [0.25, 0.3) is 0 Å². The highest BCUT2D eigenvalue weighted by molar-refractivity contribution is 5.82. The molecule has 19 heavy (non-hydrogen) atoms. The Morgan fingerprint density at radius 2 is 2.05 bits per heavy atom. The quantitative estimate of drug-likeness (QED) is 0.805. The number of aliphatic carboxylic acids is 1. The summed E-state index contributed by atoms with van der Waals surface area (Å²) in [5, 5.41) is 11.7.